The molecule has 0 fully saturated rings. The molecule has 0 spiro atoms. The third kappa shape index (κ3) is 3.30. The minimum absolute atomic E-state index is 0.121. The molecule has 0 saturated heterocycles. The third-order valence-electron chi connectivity index (χ3n) is 4.69. The van der Waals surface area contributed by atoms with Crippen LogP contribution >= 0.6 is 0 Å². The lowest BCUT2D eigenvalue weighted by Gasteiger charge is -2.17. The number of hydrogen-bond acceptors (Lipinski definition) is 4. The van der Waals surface area contributed by atoms with Crippen LogP contribution in [0.25, 0.3) is 22.2 Å². The predicted molar refractivity (Wildman–Crippen MR) is 109 cm³/mol. The molecule has 5 nitrogen and oxygen atoms in total. The van der Waals surface area contributed by atoms with E-state index in [1.807, 2.05) is 67.6 Å². The molecule has 1 unspecified atom stereocenters. The number of nitrogens with zero attached hydrogens (tertiary/aromatic N) is 2. The summed E-state index contributed by atoms with van der Waals surface area (Å²) >= 11 is 0. The lowest BCUT2D eigenvalue weighted by molar-refractivity contribution is 0.0939. The van der Waals surface area contributed by atoms with Crippen molar-refractivity contribution < 1.29 is 9.90 Å². The van der Waals surface area contributed by atoms with Crippen molar-refractivity contribution in [2.45, 2.75) is 13.0 Å². The zero-order valence-corrected chi connectivity index (χ0v) is 15.3. The summed E-state index contributed by atoms with van der Waals surface area (Å²) in [7, 11) is 0. The van der Waals surface area contributed by atoms with E-state index in [1.54, 1.807) is 18.5 Å². The molecule has 0 radical (unpaired) electrons. The maximum absolute atomic E-state index is 13.1. The molecule has 1 amide bonds. The van der Waals surface area contributed by atoms with Crippen molar-refractivity contribution in [2.24, 2.45) is 0 Å². The molecule has 2 N–H and O–H groups in total. The molecule has 0 aliphatic rings. The Hall–Kier alpha value is -3.73. The summed E-state index contributed by atoms with van der Waals surface area (Å²) in [6, 6.07) is 20.2. The molecular formula is C23H19N3O2. The number of pyridine rings is 2. The summed E-state index contributed by atoms with van der Waals surface area (Å²) in [5.74, 6) is -0.470. The van der Waals surface area contributed by atoms with Gasteiger partial charge in [0.05, 0.1) is 17.1 Å². The fraction of sp³-hybridized carbons (Fsp3) is 0.0870. The van der Waals surface area contributed by atoms with Crippen LogP contribution in [0.5, 0.6) is 5.75 Å². The minimum atomic E-state index is -0.349. The number of nitrogens with one attached hydrogen (secondary N) is 1. The first-order valence-corrected chi connectivity index (χ1v) is 9.03. The molecule has 4 aromatic rings. The van der Waals surface area contributed by atoms with Gasteiger partial charge in [0.2, 0.25) is 0 Å². The van der Waals surface area contributed by atoms with Gasteiger partial charge in [0.15, 0.2) is 5.75 Å². The molecule has 2 aromatic carbocycles. The molecule has 28 heavy (non-hydrogen) atoms. The highest BCUT2D eigenvalue weighted by atomic mass is 16.3. The van der Waals surface area contributed by atoms with E-state index in [2.05, 4.69) is 15.3 Å². The van der Waals surface area contributed by atoms with E-state index in [4.69, 9.17) is 0 Å². The Balaban J connectivity index is 1.81. The van der Waals surface area contributed by atoms with Crippen molar-refractivity contribution >= 4 is 16.8 Å². The van der Waals surface area contributed by atoms with Crippen LogP contribution in [0.3, 0.4) is 0 Å². The highest BCUT2D eigenvalue weighted by molar-refractivity contribution is 6.10. The van der Waals surface area contributed by atoms with E-state index in [-0.39, 0.29) is 23.3 Å². The Morgan fingerprint density at radius 2 is 1.64 bits per heavy atom. The zero-order valence-electron chi connectivity index (χ0n) is 15.3. The van der Waals surface area contributed by atoms with E-state index >= 15 is 0 Å². The van der Waals surface area contributed by atoms with Crippen molar-refractivity contribution in [3.8, 4) is 17.0 Å². The van der Waals surface area contributed by atoms with Crippen molar-refractivity contribution in [1.29, 1.82) is 0 Å². The second kappa shape index (κ2) is 7.48. The van der Waals surface area contributed by atoms with Crippen LogP contribution < -0.4 is 5.32 Å². The van der Waals surface area contributed by atoms with E-state index in [1.165, 1.54) is 0 Å². The molecule has 1 atom stereocenters. The first-order chi connectivity index (χ1) is 13.6. The monoisotopic (exact) mass is 369 g/mol. The van der Waals surface area contributed by atoms with Crippen LogP contribution in [-0.4, -0.2) is 21.0 Å². The molecule has 0 aliphatic heterocycles. The molecule has 4 rings (SSSR count). The fourth-order valence-corrected chi connectivity index (χ4v) is 3.23. The van der Waals surface area contributed by atoms with Crippen LogP contribution in [0, 0.1) is 0 Å². The van der Waals surface area contributed by atoms with Crippen LogP contribution in [-0.2, 0) is 0 Å². The van der Waals surface area contributed by atoms with Crippen LogP contribution in [0.15, 0.2) is 79.1 Å². The largest absolute Gasteiger partial charge is 0.505 e. The minimum Gasteiger partial charge on any atom is -0.505 e. The van der Waals surface area contributed by atoms with Crippen molar-refractivity contribution in [3.05, 3.63) is 90.3 Å². The van der Waals surface area contributed by atoms with Gasteiger partial charge in [-0.3, -0.25) is 9.78 Å². The van der Waals surface area contributed by atoms with Gasteiger partial charge in [-0.1, -0.05) is 48.5 Å². The number of aromatic nitrogens is 2. The van der Waals surface area contributed by atoms with Gasteiger partial charge in [-0.25, -0.2) is 4.98 Å². The number of hydrogen-bond donors (Lipinski definition) is 2. The Kier molecular flexibility index (Phi) is 4.72. The number of amides is 1. The van der Waals surface area contributed by atoms with Crippen LogP contribution in [0.1, 0.15) is 28.9 Å². The number of benzene rings is 2. The van der Waals surface area contributed by atoms with E-state index in [9.17, 15) is 9.90 Å². The summed E-state index contributed by atoms with van der Waals surface area (Å²) in [6.45, 7) is 1.89. The average Bonchev–Trinajstić information content (AvgIpc) is 2.74. The number of rotatable bonds is 4. The molecule has 0 bridgehead atoms. The number of fused-ring (bicyclic) bond motifs is 1. The van der Waals surface area contributed by atoms with E-state index in [0.29, 0.717) is 16.6 Å². The Morgan fingerprint density at radius 3 is 2.39 bits per heavy atom. The highest BCUT2D eigenvalue weighted by Gasteiger charge is 2.22. The highest BCUT2D eigenvalue weighted by Crippen LogP contribution is 2.35. The van der Waals surface area contributed by atoms with Gasteiger partial charge in [-0.2, -0.15) is 0 Å². The van der Waals surface area contributed by atoms with Gasteiger partial charge >= 0.3 is 0 Å². The smallest absolute Gasteiger partial charge is 0.256 e. The standard InChI is InChI=1S/C23H19N3O2/c1-15(16-11-13-24-14-12-16)25-23(28)20-18-9-5-6-10-19(18)26-21(22(20)27)17-7-3-2-4-8-17/h2-15,27H,1H3,(H,25,28). The van der Waals surface area contributed by atoms with Gasteiger partial charge < -0.3 is 10.4 Å². The molecule has 5 heteroatoms. The van der Waals surface area contributed by atoms with Gasteiger partial charge in [-0.15, -0.1) is 0 Å². The van der Waals surface area contributed by atoms with Crippen molar-refractivity contribution in [1.82, 2.24) is 15.3 Å². The van der Waals surface area contributed by atoms with Gasteiger partial charge in [-0.05, 0) is 30.7 Å². The summed E-state index contributed by atoms with van der Waals surface area (Å²) in [4.78, 5) is 21.7. The molecule has 0 saturated carbocycles. The first-order valence-electron chi connectivity index (χ1n) is 9.03. The van der Waals surface area contributed by atoms with Gasteiger partial charge in [0, 0.05) is 23.3 Å². The Bertz CT molecular complexity index is 1130. The molecule has 2 aromatic heterocycles. The summed E-state index contributed by atoms with van der Waals surface area (Å²) in [5.41, 5.74) is 2.96. The molecule has 2 heterocycles. The quantitative estimate of drug-likeness (QED) is 0.556. The second-order valence-corrected chi connectivity index (χ2v) is 6.54. The summed E-state index contributed by atoms with van der Waals surface area (Å²) in [6.07, 6.45) is 3.37. The Morgan fingerprint density at radius 1 is 0.964 bits per heavy atom. The topological polar surface area (TPSA) is 75.1 Å². The van der Waals surface area contributed by atoms with Crippen molar-refractivity contribution in [3.63, 3.8) is 0 Å². The van der Waals surface area contributed by atoms with Crippen LogP contribution in [0.4, 0.5) is 0 Å². The van der Waals surface area contributed by atoms with Gasteiger partial charge in [0.1, 0.15) is 5.69 Å². The number of aromatic hydroxyl groups is 1. The molecule has 138 valence electrons. The predicted octanol–water partition coefficient (Wildman–Crippen LogP) is 4.49. The van der Waals surface area contributed by atoms with E-state index < -0.39 is 0 Å². The fourth-order valence-electron chi connectivity index (χ4n) is 3.23. The normalized spacial score (nSPS) is 11.9. The van der Waals surface area contributed by atoms with E-state index in [0.717, 1.165) is 11.1 Å². The molecule has 0 aliphatic carbocycles. The first kappa shape index (κ1) is 17.7. The number of para-hydroxylation sites is 1. The van der Waals surface area contributed by atoms with Crippen molar-refractivity contribution in [2.75, 3.05) is 0 Å². The Labute approximate surface area is 162 Å². The third-order valence-corrected chi connectivity index (χ3v) is 4.69. The average molecular weight is 369 g/mol. The summed E-state index contributed by atoms with van der Waals surface area (Å²) in [5, 5.41) is 14.5. The lowest BCUT2D eigenvalue weighted by Crippen LogP contribution is -2.27. The van der Waals surface area contributed by atoms with Crippen LogP contribution in [0.2, 0.25) is 0 Å². The zero-order chi connectivity index (χ0) is 19.5. The van der Waals surface area contributed by atoms with Gasteiger partial charge in [0.25, 0.3) is 5.91 Å². The number of carbonyl (C=O) groups is 1. The number of carbonyl (C=O) groups excluding carboxylic acids is 1. The second-order valence-electron chi connectivity index (χ2n) is 6.54. The lowest BCUT2D eigenvalue weighted by atomic mass is 10.0. The molecular weight excluding hydrogens is 350 g/mol. The summed E-state index contributed by atoms with van der Waals surface area (Å²) < 4.78 is 0. The maximum Gasteiger partial charge on any atom is 0.256 e. The maximum atomic E-state index is 13.1. The SMILES string of the molecule is CC(NC(=O)c1c(O)c(-c2ccccc2)nc2ccccc12)c1ccncc1.